The van der Waals surface area contributed by atoms with Crippen molar-refractivity contribution in [1.29, 1.82) is 0 Å². The van der Waals surface area contributed by atoms with Crippen molar-refractivity contribution >= 4 is 21.4 Å². The summed E-state index contributed by atoms with van der Waals surface area (Å²) in [5.74, 6) is 0.476. The fourth-order valence-electron chi connectivity index (χ4n) is 1.74. The molecule has 0 aliphatic heterocycles. The van der Waals surface area contributed by atoms with E-state index in [2.05, 4.69) is 9.71 Å². The minimum Gasteiger partial charge on any atom is -0.495 e. The third-order valence-corrected chi connectivity index (χ3v) is 4.12. The summed E-state index contributed by atoms with van der Waals surface area (Å²) in [6, 6.07) is 5.92. The minimum atomic E-state index is -3.85. The molecule has 0 fully saturated rings. The number of nitrogens with one attached hydrogen (secondary N) is 1. The first-order valence-corrected chi connectivity index (χ1v) is 7.40. The molecule has 0 spiro atoms. The summed E-state index contributed by atoms with van der Waals surface area (Å²) in [6.45, 7) is 0. The van der Waals surface area contributed by atoms with Crippen LogP contribution in [0, 0.1) is 0 Å². The number of sulfonamides is 1. The Morgan fingerprint density at radius 3 is 2.48 bits per heavy atom. The van der Waals surface area contributed by atoms with Crippen LogP contribution in [-0.4, -0.2) is 27.6 Å². The molecule has 0 saturated carbocycles. The molecule has 0 amide bonds. The van der Waals surface area contributed by atoms with Crippen LogP contribution in [0.25, 0.3) is 0 Å². The van der Waals surface area contributed by atoms with Crippen LogP contribution in [0.2, 0.25) is 0 Å². The van der Waals surface area contributed by atoms with Gasteiger partial charge in [0.1, 0.15) is 16.4 Å². The van der Waals surface area contributed by atoms with E-state index in [4.69, 9.17) is 15.2 Å². The predicted molar refractivity (Wildman–Crippen MR) is 79.0 cm³/mol. The van der Waals surface area contributed by atoms with Gasteiger partial charge in [0, 0.05) is 12.3 Å². The van der Waals surface area contributed by atoms with E-state index in [1.807, 2.05) is 0 Å². The zero-order valence-corrected chi connectivity index (χ0v) is 12.3. The van der Waals surface area contributed by atoms with E-state index in [1.165, 1.54) is 32.5 Å². The number of hydrogen-bond donors (Lipinski definition) is 2. The Hall–Kier alpha value is -2.48. The van der Waals surface area contributed by atoms with Crippen LogP contribution in [0.5, 0.6) is 11.5 Å². The van der Waals surface area contributed by atoms with Crippen LogP contribution in [0.15, 0.2) is 41.6 Å². The summed E-state index contributed by atoms with van der Waals surface area (Å²) in [5, 5.41) is 0. The Bertz CT molecular complexity index is 733. The van der Waals surface area contributed by atoms with Gasteiger partial charge in [-0.05, 0) is 18.2 Å². The topological polar surface area (TPSA) is 104 Å². The third kappa shape index (κ3) is 3.16. The zero-order chi connectivity index (χ0) is 15.5. The lowest BCUT2D eigenvalue weighted by molar-refractivity contribution is 0.387. The molecule has 2 rings (SSSR count). The van der Waals surface area contributed by atoms with Crippen LogP contribution >= 0.6 is 0 Å². The smallest absolute Gasteiger partial charge is 0.265 e. The highest BCUT2D eigenvalue weighted by molar-refractivity contribution is 7.92. The molecule has 0 aliphatic carbocycles. The van der Waals surface area contributed by atoms with E-state index in [0.29, 0.717) is 11.4 Å². The SMILES string of the molecule is COc1cc(OC)c(S(=O)(=O)Nc2cccnc2)cc1N. The lowest BCUT2D eigenvalue weighted by atomic mass is 10.3. The molecule has 8 heteroatoms. The molecule has 2 aromatic rings. The molecule has 1 aromatic carbocycles. The van der Waals surface area contributed by atoms with Gasteiger partial charge in [-0.15, -0.1) is 0 Å². The number of nitrogens with two attached hydrogens (primary N) is 1. The van der Waals surface area contributed by atoms with Crippen molar-refractivity contribution in [2.24, 2.45) is 0 Å². The average Bonchev–Trinajstić information content (AvgIpc) is 2.47. The molecule has 0 unspecified atom stereocenters. The molecule has 0 bridgehead atoms. The Kier molecular flexibility index (Phi) is 4.18. The molecule has 0 aliphatic rings. The van der Waals surface area contributed by atoms with E-state index in [1.54, 1.807) is 18.3 Å². The van der Waals surface area contributed by atoms with E-state index in [0.717, 1.165) is 0 Å². The second-order valence-corrected chi connectivity index (χ2v) is 5.74. The van der Waals surface area contributed by atoms with E-state index in [-0.39, 0.29) is 16.3 Å². The van der Waals surface area contributed by atoms with Gasteiger partial charge in [0.05, 0.1) is 31.8 Å². The van der Waals surface area contributed by atoms with Crippen molar-refractivity contribution in [2.45, 2.75) is 4.90 Å². The largest absolute Gasteiger partial charge is 0.495 e. The fourth-order valence-corrected chi connectivity index (χ4v) is 2.97. The van der Waals surface area contributed by atoms with Crippen molar-refractivity contribution in [3.63, 3.8) is 0 Å². The molecule has 112 valence electrons. The van der Waals surface area contributed by atoms with Crippen LogP contribution in [0.1, 0.15) is 0 Å². The first-order chi connectivity index (χ1) is 9.97. The van der Waals surface area contributed by atoms with Crippen LogP contribution < -0.4 is 19.9 Å². The van der Waals surface area contributed by atoms with E-state index >= 15 is 0 Å². The second kappa shape index (κ2) is 5.88. The zero-order valence-electron chi connectivity index (χ0n) is 11.5. The molecule has 3 N–H and O–H groups in total. The maximum atomic E-state index is 12.4. The van der Waals surface area contributed by atoms with Crippen LogP contribution in [-0.2, 0) is 10.0 Å². The molecule has 0 atom stereocenters. The molecule has 7 nitrogen and oxygen atoms in total. The molecule has 1 heterocycles. The van der Waals surface area contributed by atoms with Gasteiger partial charge in [-0.25, -0.2) is 8.42 Å². The maximum absolute atomic E-state index is 12.4. The molecule has 0 saturated heterocycles. The summed E-state index contributed by atoms with van der Waals surface area (Å²) in [4.78, 5) is 3.77. The predicted octanol–water partition coefficient (Wildman–Crippen LogP) is 1.48. The number of aromatic nitrogens is 1. The summed E-state index contributed by atoms with van der Waals surface area (Å²) in [5.41, 5.74) is 6.30. The maximum Gasteiger partial charge on any atom is 0.265 e. The van der Waals surface area contributed by atoms with Crippen LogP contribution in [0.3, 0.4) is 0 Å². The quantitative estimate of drug-likeness (QED) is 0.811. The normalized spacial score (nSPS) is 11.0. The standard InChI is InChI=1S/C13H15N3O4S/c1-19-11-7-12(20-2)13(6-10(11)14)21(17,18)16-9-4-3-5-15-8-9/h3-8,16H,14H2,1-2H3. The van der Waals surface area contributed by atoms with Crippen molar-refractivity contribution in [3.8, 4) is 11.5 Å². The number of methoxy groups -OCH3 is 2. The Labute approximate surface area is 122 Å². The highest BCUT2D eigenvalue weighted by Gasteiger charge is 2.22. The van der Waals surface area contributed by atoms with Crippen LogP contribution in [0.4, 0.5) is 11.4 Å². The molecule has 0 radical (unpaired) electrons. The van der Waals surface area contributed by atoms with E-state index < -0.39 is 10.0 Å². The Balaban J connectivity index is 2.47. The molecular formula is C13H15N3O4S. The minimum absolute atomic E-state index is 0.0767. The van der Waals surface area contributed by atoms with Crippen molar-refractivity contribution in [1.82, 2.24) is 4.98 Å². The van der Waals surface area contributed by atoms with Gasteiger partial charge in [-0.2, -0.15) is 0 Å². The van der Waals surface area contributed by atoms with Crippen molar-refractivity contribution < 1.29 is 17.9 Å². The van der Waals surface area contributed by atoms with E-state index in [9.17, 15) is 8.42 Å². The number of anilines is 2. The summed E-state index contributed by atoms with van der Waals surface area (Å²) in [6.07, 6.45) is 2.95. The van der Waals surface area contributed by atoms with Gasteiger partial charge in [-0.3, -0.25) is 9.71 Å². The summed E-state index contributed by atoms with van der Waals surface area (Å²) >= 11 is 0. The molecule has 1 aromatic heterocycles. The second-order valence-electron chi connectivity index (χ2n) is 4.09. The van der Waals surface area contributed by atoms with Crippen molar-refractivity contribution in [2.75, 3.05) is 24.7 Å². The summed E-state index contributed by atoms with van der Waals surface area (Å²) in [7, 11) is -1.05. The Morgan fingerprint density at radius 2 is 1.90 bits per heavy atom. The number of rotatable bonds is 5. The van der Waals surface area contributed by atoms with Crippen molar-refractivity contribution in [3.05, 3.63) is 36.7 Å². The first-order valence-electron chi connectivity index (χ1n) is 5.92. The Morgan fingerprint density at radius 1 is 1.19 bits per heavy atom. The third-order valence-electron chi connectivity index (χ3n) is 2.72. The number of nitrogens with zero attached hydrogens (tertiary/aromatic N) is 1. The lowest BCUT2D eigenvalue weighted by Crippen LogP contribution is -2.14. The van der Waals surface area contributed by atoms with Gasteiger partial charge >= 0.3 is 0 Å². The monoisotopic (exact) mass is 309 g/mol. The summed E-state index contributed by atoms with van der Waals surface area (Å²) < 4.78 is 37.4. The lowest BCUT2D eigenvalue weighted by Gasteiger charge is -2.14. The van der Waals surface area contributed by atoms with Gasteiger partial charge in [0.25, 0.3) is 10.0 Å². The van der Waals surface area contributed by atoms with Gasteiger partial charge < -0.3 is 15.2 Å². The number of nitrogen functional groups attached to an aromatic ring is 1. The highest BCUT2D eigenvalue weighted by atomic mass is 32.2. The average molecular weight is 309 g/mol. The number of ether oxygens (including phenoxy) is 2. The molecular weight excluding hydrogens is 294 g/mol. The number of hydrogen-bond acceptors (Lipinski definition) is 6. The van der Waals surface area contributed by atoms with Gasteiger partial charge in [0.2, 0.25) is 0 Å². The highest BCUT2D eigenvalue weighted by Crippen LogP contribution is 2.34. The fraction of sp³-hybridized carbons (Fsp3) is 0.154. The number of benzene rings is 1. The number of pyridine rings is 1. The van der Waals surface area contributed by atoms with Gasteiger partial charge in [0.15, 0.2) is 0 Å². The van der Waals surface area contributed by atoms with Gasteiger partial charge in [-0.1, -0.05) is 0 Å². The molecule has 21 heavy (non-hydrogen) atoms. The first kappa shape index (κ1) is 14.9.